The molecule has 0 spiro atoms. The average Bonchev–Trinajstić information content (AvgIpc) is 2.46. The quantitative estimate of drug-likeness (QED) is 0.582. The van der Waals surface area contributed by atoms with E-state index in [0.717, 1.165) is 24.0 Å². The highest BCUT2D eigenvalue weighted by Gasteiger charge is 2.36. The van der Waals surface area contributed by atoms with Crippen LogP contribution in [0.4, 0.5) is 0 Å². The Labute approximate surface area is 109 Å². The molecule has 96 valence electrons. The predicted octanol–water partition coefficient (Wildman–Crippen LogP) is 4.20. The first kappa shape index (κ1) is 11.8. The molecule has 2 aliphatic carbocycles. The summed E-state index contributed by atoms with van der Waals surface area (Å²) in [6.07, 6.45) is 7.61. The van der Waals surface area contributed by atoms with E-state index in [2.05, 4.69) is 29.4 Å². The predicted molar refractivity (Wildman–Crippen MR) is 73.1 cm³/mol. The van der Waals surface area contributed by atoms with Gasteiger partial charge in [0.2, 0.25) is 0 Å². The van der Waals surface area contributed by atoms with Crippen LogP contribution in [0.25, 0.3) is 0 Å². The molecule has 0 aliphatic heterocycles. The minimum Gasteiger partial charge on any atom is -0.411 e. The Kier molecular flexibility index (Phi) is 3.35. The molecule has 0 unspecified atom stereocenters. The maximum Gasteiger partial charge on any atom is 0.0648 e. The second kappa shape index (κ2) is 5.13. The van der Waals surface area contributed by atoms with Crippen molar-refractivity contribution in [3.8, 4) is 0 Å². The largest absolute Gasteiger partial charge is 0.411 e. The van der Waals surface area contributed by atoms with E-state index in [4.69, 9.17) is 0 Å². The summed E-state index contributed by atoms with van der Waals surface area (Å²) in [6, 6.07) is 10.5. The standard InChI is InChI=1S/C16H21NO/c18-17-16-11-14-9-5-4-8-13(14)10-15(16)12-6-2-1-3-7-12/h1-3,6-7,13-15,18H,4-5,8-11H2/b17-16+/t13-,14+,15-/m1/s1. The summed E-state index contributed by atoms with van der Waals surface area (Å²) in [5, 5.41) is 12.9. The van der Waals surface area contributed by atoms with E-state index in [1.165, 1.54) is 37.7 Å². The van der Waals surface area contributed by atoms with Crippen LogP contribution < -0.4 is 0 Å². The van der Waals surface area contributed by atoms with Gasteiger partial charge in [-0.05, 0) is 36.7 Å². The first-order chi connectivity index (χ1) is 8.88. The molecule has 0 radical (unpaired) electrons. The number of rotatable bonds is 1. The molecule has 0 bridgehead atoms. The van der Waals surface area contributed by atoms with Gasteiger partial charge in [-0.3, -0.25) is 0 Å². The third-order valence-electron chi connectivity index (χ3n) is 4.81. The van der Waals surface area contributed by atoms with Crippen molar-refractivity contribution in [2.45, 2.75) is 44.4 Å². The van der Waals surface area contributed by atoms with Gasteiger partial charge in [0.05, 0.1) is 5.71 Å². The molecule has 0 aromatic heterocycles. The molecule has 18 heavy (non-hydrogen) atoms. The summed E-state index contributed by atoms with van der Waals surface area (Å²) >= 11 is 0. The van der Waals surface area contributed by atoms with E-state index in [9.17, 15) is 5.21 Å². The van der Waals surface area contributed by atoms with Crippen molar-refractivity contribution in [1.82, 2.24) is 0 Å². The normalized spacial score (nSPS) is 34.2. The first-order valence-electron chi connectivity index (χ1n) is 7.14. The molecule has 2 nitrogen and oxygen atoms in total. The fourth-order valence-electron chi connectivity index (χ4n) is 3.84. The molecule has 3 rings (SSSR count). The summed E-state index contributed by atoms with van der Waals surface area (Å²) in [7, 11) is 0. The number of oxime groups is 1. The fourth-order valence-corrected chi connectivity index (χ4v) is 3.84. The summed E-state index contributed by atoms with van der Waals surface area (Å²) in [5.41, 5.74) is 2.32. The van der Waals surface area contributed by atoms with Crippen molar-refractivity contribution < 1.29 is 5.21 Å². The monoisotopic (exact) mass is 243 g/mol. The Balaban J connectivity index is 1.85. The molecule has 2 fully saturated rings. The van der Waals surface area contributed by atoms with E-state index in [0.29, 0.717) is 5.92 Å². The molecule has 2 saturated carbocycles. The summed E-state index contributed by atoms with van der Waals surface area (Å²) < 4.78 is 0. The molecule has 1 aromatic carbocycles. The molecular formula is C16H21NO. The lowest BCUT2D eigenvalue weighted by atomic mass is 9.65. The molecule has 3 atom stereocenters. The van der Waals surface area contributed by atoms with Gasteiger partial charge in [-0.15, -0.1) is 0 Å². The molecule has 2 heteroatoms. The highest BCUT2D eigenvalue weighted by molar-refractivity contribution is 5.91. The second-order valence-corrected chi connectivity index (χ2v) is 5.80. The van der Waals surface area contributed by atoms with Crippen LogP contribution in [0, 0.1) is 11.8 Å². The van der Waals surface area contributed by atoms with Gasteiger partial charge in [-0.2, -0.15) is 0 Å². The fraction of sp³-hybridized carbons (Fsp3) is 0.562. The number of hydrogen-bond acceptors (Lipinski definition) is 2. The van der Waals surface area contributed by atoms with Crippen molar-refractivity contribution in [3.05, 3.63) is 35.9 Å². The zero-order valence-electron chi connectivity index (χ0n) is 10.8. The number of nitrogens with zero attached hydrogens (tertiary/aromatic N) is 1. The van der Waals surface area contributed by atoms with Gasteiger partial charge in [0, 0.05) is 5.92 Å². The highest BCUT2D eigenvalue weighted by atomic mass is 16.4. The molecule has 0 saturated heterocycles. The van der Waals surface area contributed by atoms with Crippen molar-refractivity contribution >= 4 is 5.71 Å². The van der Waals surface area contributed by atoms with Gasteiger partial charge >= 0.3 is 0 Å². The lowest BCUT2D eigenvalue weighted by Gasteiger charge is -2.39. The van der Waals surface area contributed by atoms with Crippen LogP contribution in [0.5, 0.6) is 0 Å². The average molecular weight is 243 g/mol. The maximum absolute atomic E-state index is 9.30. The van der Waals surface area contributed by atoms with Crippen LogP contribution in [-0.2, 0) is 0 Å². The topological polar surface area (TPSA) is 32.6 Å². The zero-order valence-corrected chi connectivity index (χ0v) is 10.8. The molecular weight excluding hydrogens is 222 g/mol. The SMILES string of the molecule is O/N=C1\C[C@@H]2CCCC[C@@H]2C[C@@H]1c1ccccc1. The van der Waals surface area contributed by atoms with E-state index in [1.54, 1.807) is 0 Å². The molecule has 1 aromatic rings. The molecule has 2 aliphatic rings. The maximum atomic E-state index is 9.30. The zero-order chi connectivity index (χ0) is 12.4. The van der Waals surface area contributed by atoms with Crippen LogP contribution in [0.2, 0.25) is 0 Å². The minimum absolute atomic E-state index is 0.343. The van der Waals surface area contributed by atoms with Gasteiger partial charge in [-0.1, -0.05) is 54.8 Å². The van der Waals surface area contributed by atoms with Crippen LogP contribution in [0.3, 0.4) is 0 Å². The van der Waals surface area contributed by atoms with Gasteiger partial charge in [-0.25, -0.2) is 0 Å². The Morgan fingerprint density at radius 1 is 1.00 bits per heavy atom. The van der Waals surface area contributed by atoms with Crippen LogP contribution >= 0.6 is 0 Å². The van der Waals surface area contributed by atoms with E-state index < -0.39 is 0 Å². The van der Waals surface area contributed by atoms with Gasteiger partial charge in [0.25, 0.3) is 0 Å². The smallest absolute Gasteiger partial charge is 0.0648 e. The lowest BCUT2D eigenvalue weighted by Crippen LogP contribution is -2.33. The molecule has 0 amide bonds. The van der Waals surface area contributed by atoms with Crippen LogP contribution in [0.15, 0.2) is 35.5 Å². The third-order valence-corrected chi connectivity index (χ3v) is 4.81. The number of hydrogen-bond donors (Lipinski definition) is 1. The Morgan fingerprint density at radius 2 is 1.72 bits per heavy atom. The van der Waals surface area contributed by atoms with Crippen LogP contribution in [-0.4, -0.2) is 10.9 Å². The van der Waals surface area contributed by atoms with Crippen molar-refractivity contribution in [2.75, 3.05) is 0 Å². The van der Waals surface area contributed by atoms with Crippen molar-refractivity contribution in [3.63, 3.8) is 0 Å². The Hall–Kier alpha value is -1.31. The lowest BCUT2D eigenvalue weighted by molar-refractivity contribution is 0.203. The van der Waals surface area contributed by atoms with Gasteiger partial charge < -0.3 is 5.21 Å². The summed E-state index contributed by atoms with van der Waals surface area (Å²) in [4.78, 5) is 0. The summed E-state index contributed by atoms with van der Waals surface area (Å²) in [6.45, 7) is 0. The molecule has 0 heterocycles. The van der Waals surface area contributed by atoms with Crippen molar-refractivity contribution in [2.24, 2.45) is 17.0 Å². The van der Waals surface area contributed by atoms with E-state index in [-0.39, 0.29) is 0 Å². The molecule has 1 N–H and O–H groups in total. The Morgan fingerprint density at radius 3 is 2.44 bits per heavy atom. The van der Waals surface area contributed by atoms with Crippen molar-refractivity contribution in [1.29, 1.82) is 0 Å². The van der Waals surface area contributed by atoms with Gasteiger partial charge in [0.15, 0.2) is 0 Å². The van der Waals surface area contributed by atoms with E-state index in [1.807, 2.05) is 6.07 Å². The Bertz CT molecular complexity index is 426. The van der Waals surface area contributed by atoms with E-state index >= 15 is 0 Å². The second-order valence-electron chi connectivity index (χ2n) is 5.80. The number of fused-ring (bicyclic) bond motifs is 1. The minimum atomic E-state index is 0.343. The van der Waals surface area contributed by atoms with Crippen LogP contribution in [0.1, 0.15) is 50.0 Å². The highest BCUT2D eigenvalue weighted by Crippen LogP contribution is 2.44. The number of benzene rings is 1. The first-order valence-corrected chi connectivity index (χ1v) is 7.14. The third kappa shape index (κ3) is 2.16. The summed E-state index contributed by atoms with van der Waals surface area (Å²) in [5.74, 6) is 1.95. The van der Waals surface area contributed by atoms with Gasteiger partial charge in [0.1, 0.15) is 0 Å².